The van der Waals surface area contributed by atoms with Crippen molar-refractivity contribution in [3.8, 4) is 5.75 Å². The van der Waals surface area contributed by atoms with Crippen molar-refractivity contribution in [1.29, 1.82) is 0 Å². The molecule has 0 radical (unpaired) electrons. The maximum Gasteiger partial charge on any atom is 0.201 e. The molecule has 0 spiro atoms. The van der Waals surface area contributed by atoms with Gasteiger partial charge in [0.1, 0.15) is 18.4 Å². The molecule has 0 saturated carbocycles. The number of benzene rings is 2. The summed E-state index contributed by atoms with van der Waals surface area (Å²) >= 11 is 5.94. The fourth-order valence-corrected chi connectivity index (χ4v) is 2.71. The second-order valence-electron chi connectivity index (χ2n) is 6.09. The van der Waals surface area contributed by atoms with E-state index in [1.54, 1.807) is 31.0 Å². The third-order valence-electron chi connectivity index (χ3n) is 3.93. The smallest absolute Gasteiger partial charge is 0.201 e. The first-order valence-corrected chi connectivity index (χ1v) is 9.02. The monoisotopic (exact) mass is 439 g/mol. The second-order valence-corrected chi connectivity index (χ2v) is 6.53. The topological polar surface area (TPSA) is 77.2 Å². The summed E-state index contributed by atoms with van der Waals surface area (Å²) in [6.07, 6.45) is 1.63. The van der Waals surface area contributed by atoms with Crippen molar-refractivity contribution < 1.29 is 23.0 Å². The summed E-state index contributed by atoms with van der Waals surface area (Å²) in [6.45, 7) is 5.65. The van der Waals surface area contributed by atoms with Gasteiger partial charge >= 0.3 is 0 Å². The molecule has 0 aliphatic heterocycles. The molecule has 162 valence electrons. The fraction of sp³-hybridized carbons (Fsp3) is 0.238. The normalized spacial score (nSPS) is 11.4. The Morgan fingerprint density at radius 1 is 1.23 bits per heavy atom. The molecule has 0 aliphatic rings. The number of carbonyl (C=O) groups excluding carboxylic acids is 1. The molecule has 2 rings (SSSR count). The van der Waals surface area contributed by atoms with Crippen LogP contribution in [0.3, 0.4) is 0 Å². The Morgan fingerprint density at radius 3 is 2.47 bits per heavy atom. The van der Waals surface area contributed by atoms with Crippen molar-refractivity contribution >= 4 is 30.0 Å². The van der Waals surface area contributed by atoms with E-state index in [9.17, 15) is 8.78 Å². The number of rotatable bonds is 6. The minimum absolute atomic E-state index is 0.0595. The lowest BCUT2D eigenvalue weighted by atomic mass is 10.2. The average molecular weight is 440 g/mol. The van der Waals surface area contributed by atoms with Crippen molar-refractivity contribution in [2.75, 3.05) is 14.2 Å². The molecular weight excluding hydrogens is 416 g/mol. The van der Waals surface area contributed by atoms with E-state index in [4.69, 9.17) is 31.6 Å². The Labute approximate surface area is 179 Å². The molecule has 0 fully saturated rings. The van der Waals surface area contributed by atoms with Crippen LogP contribution in [0, 0.1) is 18.6 Å². The highest BCUT2D eigenvalue weighted by Gasteiger charge is 2.12. The molecule has 0 atom stereocenters. The van der Waals surface area contributed by atoms with Gasteiger partial charge < -0.3 is 24.9 Å². The van der Waals surface area contributed by atoms with E-state index < -0.39 is 11.6 Å². The summed E-state index contributed by atoms with van der Waals surface area (Å²) < 4.78 is 37.7. The van der Waals surface area contributed by atoms with Gasteiger partial charge in [-0.3, -0.25) is 0 Å². The van der Waals surface area contributed by atoms with Crippen LogP contribution in [0.2, 0.25) is 5.02 Å². The average Bonchev–Trinajstić information content (AvgIpc) is 2.70. The Kier molecular flexibility index (Phi) is 9.77. The third kappa shape index (κ3) is 7.04. The van der Waals surface area contributed by atoms with E-state index >= 15 is 0 Å². The van der Waals surface area contributed by atoms with E-state index in [-0.39, 0.29) is 23.3 Å². The Hall–Kier alpha value is -3.13. The maximum atomic E-state index is 13.8. The molecule has 0 saturated heterocycles. The standard InChI is InChI=1S/C20H22ClF2N3O2.CH2O/c1-12-5-17(23)19(28-4)9-18(12)25-20(24)26(10-13(2)27-3)11-14-6-15(21)8-16(22)7-14;1-2/h5-10H,11H2,1-4H3,(H2,24,25);1H2/b13-10+;. The quantitative estimate of drug-likeness (QED) is 0.401. The largest absolute Gasteiger partial charge is 0.500 e. The van der Waals surface area contributed by atoms with Gasteiger partial charge in [-0.1, -0.05) is 11.6 Å². The van der Waals surface area contributed by atoms with Gasteiger partial charge in [-0.2, -0.15) is 0 Å². The molecule has 0 unspecified atom stereocenters. The first-order valence-electron chi connectivity index (χ1n) is 8.64. The van der Waals surface area contributed by atoms with Gasteiger partial charge in [-0.15, -0.1) is 0 Å². The lowest BCUT2D eigenvalue weighted by Crippen LogP contribution is -2.33. The minimum atomic E-state index is -0.487. The van der Waals surface area contributed by atoms with Crippen LogP contribution in [-0.2, 0) is 16.1 Å². The molecule has 2 aromatic carbocycles. The van der Waals surface area contributed by atoms with Crippen LogP contribution < -0.4 is 10.5 Å². The Bertz CT molecular complexity index is 916. The predicted molar refractivity (Wildman–Crippen MR) is 114 cm³/mol. The highest BCUT2D eigenvalue weighted by molar-refractivity contribution is 6.30. The number of hydrogen-bond donors (Lipinski definition) is 1. The van der Waals surface area contributed by atoms with Crippen LogP contribution in [0.5, 0.6) is 5.75 Å². The molecule has 0 heterocycles. The zero-order valence-corrected chi connectivity index (χ0v) is 18.0. The molecule has 6 nitrogen and oxygen atoms in total. The predicted octanol–water partition coefficient (Wildman–Crippen LogP) is 4.71. The fourth-order valence-electron chi connectivity index (χ4n) is 2.47. The van der Waals surface area contributed by atoms with Gasteiger partial charge in [0.25, 0.3) is 0 Å². The zero-order valence-electron chi connectivity index (χ0n) is 17.2. The first-order chi connectivity index (χ1) is 14.2. The van der Waals surface area contributed by atoms with Crippen LogP contribution in [0.15, 0.2) is 47.3 Å². The number of nitrogens with zero attached hydrogens (tertiary/aromatic N) is 2. The van der Waals surface area contributed by atoms with Crippen LogP contribution in [0.4, 0.5) is 14.5 Å². The van der Waals surface area contributed by atoms with E-state index in [0.29, 0.717) is 22.6 Å². The molecule has 0 bridgehead atoms. The van der Waals surface area contributed by atoms with Crippen molar-refractivity contribution in [2.24, 2.45) is 10.7 Å². The summed E-state index contributed by atoms with van der Waals surface area (Å²) in [6, 6.07) is 6.98. The van der Waals surface area contributed by atoms with E-state index in [1.165, 1.54) is 38.5 Å². The number of nitrogens with two attached hydrogens (primary N) is 1. The van der Waals surface area contributed by atoms with Crippen LogP contribution >= 0.6 is 11.6 Å². The third-order valence-corrected chi connectivity index (χ3v) is 4.15. The number of carbonyl (C=O) groups is 1. The summed E-state index contributed by atoms with van der Waals surface area (Å²) in [7, 11) is 2.89. The number of hydrogen-bond acceptors (Lipinski definition) is 4. The summed E-state index contributed by atoms with van der Waals surface area (Å²) in [5, 5.41) is 0.275. The van der Waals surface area contributed by atoms with E-state index in [1.807, 2.05) is 6.79 Å². The van der Waals surface area contributed by atoms with Gasteiger partial charge in [0.15, 0.2) is 11.6 Å². The van der Waals surface area contributed by atoms with Crippen molar-refractivity contribution in [2.45, 2.75) is 20.4 Å². The maximum absolute atomic E-state index is 13.8. The molecule has 9 heteroatoms. The van der Waals surface area contributed by atoms with Crippen LogP contribution in [-0.4, -0.2) is 31.9 Å². The number of guanidine groups is 1. The van der Waals surface area contributed by atoms with Crippen molar-refractivity contribution in [3.05, 3.63) is 70.1 Å². The summed E-state index contributed by atoms with van der Waals surface area (Å²) in [4.78, 5) is 14.0. The lowest BCUT2D eigenvalue weighted by Gasteiger charge is -2.21. The van der Waals surface area contributed by atoms with E-state index in [2.05, 4.69) is 4.99 Å². The summed E-state index contributed by atoms with van der Waals surface area (Å²) in [5.74, 6) is -0.213. The molecule has 0 aromatic heterocycles. The second kappa shape index (κ2) is 11.8. The van der Waals surface area contributed by atoms with Gasteiger partial charge in [0, 0.05) is 17.3 Å². The number of halogens is 3. The number of aryl methyl sites for hydroxylation is 1. The molecule has 0 aliphatic carbocycles. The Balaban J connectivity index is 0.00000218. The van der Waals surface area contributed by atoms with Gasteiger partial charge in [-0.25, -0.2) is 13.8 Å². The van der Waals surface area contributed by atoms with E-state index in [0.717, 1.165) is 0 Å². The Morgan fingerprint density at radius 2 is 1.90 bits per heavy atom. The number of aliphatic imine (C=N–C) groups is 1. The van der Waals surface area contributed by atoms with Gasteiger partial charge in [0.2, 0.25) is 5.96 Å². The highest BCUT2D eigenvalue weighted by atomic mass is 35.5. The summed E-state index contributed by atoms with van der Waals surface area (Å²) in [5.41, 5.74) is 7.82. The van der Waals surface area contributed by atoms with Crippen molar-refractivity contribution in [1.82, 2.24) is 4.90 Å². The number of allylic oxidation sites excluding steroid dienone is 1. The lowest BCUT2D eigenvalue weighted by molar-refractivity contribution is -0.0979. The van der Waals surface area contributed by atoms with Crippen LogP contribution in [0.25, 0.3) is 0 Å². The number of ether oxygens (including phenoxy) is 2. The first kappa shape index (κ1) is 24.9. The zero-order chi connectivity index (χ0) is 22.8. The minimum Gasteiger partial charge on any atom is -0.500 e. The molecule has 30 heavy (non-hydrogen) atoms. The van der Waals surface area contributed by atoms with Gasteiger partial charge in [-0.05, 0) is 49.2 Å². The molecule has 0 amide bonds. The number of methoxy groups -OCH3 is 2. The van der Waals surface area contributed by atoms with Crippen molar-refractivity contribution in [3.63, 3.8) is 0 Å². The highest BCUT2D eigenvalue weighted by Crippen LogP contribution is 2.28. The molecule has 2 N–H and O–H groups in total. The molecular formula is C21H24ClF2N3O3. The van der Waals surface area contributed by atoms with Gasteiger partial charge in [0.05, 0.1) is 26.5 Å². The molecule has 2 aromatic rings. The van der Waals surface area contributed by atoms with Crippen LogP contribution in [0.1, 0.15) is 18.1 Å². The SMILES string of the molecule is C=O.CO/C(C)=C/N(Cc1cc(F)cc(Cl)c1)C(N)=Nc1cc(OC)c(F)cc1C.